The summed E-state index contributed by atoms with van der Waals surface area (Å²) >= 11 is 5.01. The van der Waals surface area contributed by atoms with Gasteiger partial charge in [0.1, 0.15) is 5.75 Å². The SMILES string of the molecule is C/C=C/Cl.CC/C=C\CCN1CC(=O)N(Cc2ccc(C(=O)N(C)C/C=C\CC)cc2)c2c(cccc2OC)C1.CO. The van der Waals surface area contributed by atoms with E-state index in [4.69, 9.17) is 21.4 Å². The number of hydrogen-bond donors (Lipinski definition) is 1. The van der Waals surface area contributed by atoms with Crippen molar-refractivity contribution < 1.29 is 19.4 Å². The van der Waals surface area contributed by atoms with Gasteiger partial charge in [-0.1, -0.05) is 80.1 Å². The topological polar surface area (TPSA) is 73.3 Å². The number of rotatable bonds is 11. The molecule has 0 saturated carbocycles. The molecule has 0 spiro atoms. The van der Waals surface area contributed by atoms with Crippen molar-refractivity contribution in [1.82, 2.24) is 9.80 Å². The summed E-state index contributed by atoms with van der Waals surface area (Å²) in [6.07, 6.45) is 13.1. The number of nitrogens with zero attached hydrogens (tertiary/aromatic N) is 3. The lowest BCUT2D eigenvalue weighted by atomic mass is 10.1. The molecule has 0 aromatic heterocycles. The Bertz CT molecular complexity index is 1160. The van der Waals surface area contributed by atoms with E-state index in [2.05, 4.69) is 43.0 Å². The van der Waals surface area contributed by atoms with Crippen LogP contribution in [-0.4, -0.2) is 67.6 Å². The summed E-state index contributed by atoms with van der Waals surface area (Å²) in [6, 6.07) is 13.5. The van der Waals surface area contributed by atoms with Crippen LogP contribution >= 0.6 is 11.6 Å². The highest BCUT2D eigenvalue weighted by Gasteiger charge is 2.29. The molecule has 230 valence electrons. The number of ether oxygens (including phenoxy) is 1. The van der Waals surface area contributed by atoms with Gasteiger partial charge in [0, 0.05) is 39.4 Å². The first-order chi connectivity index (χ1) is 20.4. The number of amides is 2. The van der Waals surface area contributed by atoms with Crippen LogP contribution in [0.2, 0.25) is 0 Å². The van der Waals surface area contributed by atoms with Crippen LogP contribution in [0.5, 0.6) is 5.75 Å². The van der Waals surface area contributed by atoms with E-state index in [0.717, 1.165) is 49.7 Å². The fourth-order valence-corrected chi connectivity index (χ4v) is 4.37. The molecule has 2 amide bonds. The molecule has 0 radical (unpaired) electrons. The van der Waals surface area contributed by atoms with Crippen molar-refractivity contribution in [3.8, 4) is 5.75 Å². The number of carbonyl (C=O) groups excluding carboxylic acids is 2. The van der Waals surface area contributed by atoms with Crippen molar-refractivity contribution in [2.75, 3.05) is 45.8 Å². The first-order valence-electron chi connectivity index (χ1n) is 14.4. The molecule has 0 atom stereocenters. The zero-order valence-electron chi connectivity index (χ0n) is 26.1. The Labute approximate surface area is 257 Å². The molecule has 7 nitrogen and oxygen atoms in total. The number of halogens is 1. The number of aliphatic hydroxyl groups is 1. The minimum Gasteiger partial charge on any atom is -0.495 e. The monoisotopic (exact) mass is 597 g/mol. The summed E-state index contributed by atoms with van der Waals surface area (Å²) in [5.74, 6) is 0.718. The molecule has 1 aliphatic heterocycles. The second-order valence-electron chi connectivity index (χ2n) is 9.55. The lowest BCUT2D eigenvalue weighted by Gasteiger charge is -2.25. The first kappa shape index (κ1) is 36.6. The lowest BCUT2D eigenvalue weighted by Crippen LogP contribution is -2.37. The molecule has 2 aromatic rings. The normalized spacial score (nSPS) is 13.3. The van der Waals surface area contributed by atoms with Gasteiger partial charge in [-0.25, -0.2) is 0 Å². The Morgan fingerprint density at radius 3 is 2.26 bits per heavy atom. The molecule has 0 fully saturated rings. The van der Waals surface area contributed by atoms with Crippen LogP contribution in [0.15, 0.2) is 78.4 Å². The van der Waals surface area contributed by atoms with E-state index in [-0.39, 0.29) is 11.8 Å². The summed E-state index contributed by atoms with van der Waals surface area (Å²) in [5.41, 5.74) is 4.98. The number of para-hydroxylation sites is 1. The smallest absolute Gasteiger partial charge is 0.253 e. The zero-order valence-corrected chi connectivity index (χ0v) is 26.8. The van der Waals surface area contributed by atoms with Gasteiger partial charge >= 0.3 is 0 Å². The average Bonchev–Trinajstić information content (AvgIpc) is 3.15. The van der Waals surface area contributed by atoms with E-state index in [9.17, 15) is 9.59 Å². The van der Waals surface area contributed by atoms with Gasteiger partial charge < -0.3 is 19.6 Å². The highest BCUT2D eigenvalue weighted by atomic mass is 35.5. The second-order valence-corrected chi connectivity index (χ2v) is 9.80. The first-order valence-corrected chi connectivity index (χ1v) is 14.8. The highest BCUT2D eigenvalue weighted by Crippen LogP contribution is 2.36. The van der Waals surface area contributed by atoms with Crippen LogP contribution in [0, 0.1) is 0 Å². The van der Waals surface area contributed by atoms with Crippen LogP contribution in [-0.2, 0) is 17.9 Å². The van der Waals surface area contributed by atoms with Gasteiger partial charge in [0.2, 0.25) is 5.91 Å². The number of methoxy groups -OCH3 is 1. The Kier molecular flexibility index (Phi) is 18.6. The fraction of sp³-hybridized carbons (Fsp3) is 0.412. The number of anilines is 1. The summed E-state index contributed by atoms with van der Waals surface area (Å²) < 4.78 is 5.67. The van der Waals surface area contributed by atoms with Gasteiger partial charge in [0.15, 0.2) is 0 Å². The molecular formula is C34H48ClN3O4. The zero-order chi connectivity index (χ0) is 31.3. The predicted octanol–water partition coefficient (Wildman–Crippen LogP) is 6.81. The molecule has 0 unspecified atom stereocenters. The van der Waals surface area contributed by atoms with Crippen LogP contribution in [0.3, 0.4) is 0 Å². The van der Waals surface area contributed by atoms with Crippen molar-refractivity contribution in [3.63, 3.8) is 0 Å². The third-order valence-electron chi connectivity index (χ3n) is 6.44. The highest BCUT2D eigenvalue weighted by molar-refractivity contribution is 6.25. The van der Waals surface area contributed by atoms with Crippen LogP contribution in [0.1, 0.15) is 61.5 Å². The molecule has 1 N–H and O–H groups in total. The van der Waals surface area contributed by atoms with Gasteiger partial charge in [-0.2, -0.15) is 0 Å². The van der Waals surface area contributed by atoms with E-state index in [1.54, 1.807) is 25.1 Å². The Morgan fingerprint density at radius 2 is 1.67 bits per heavy atom. The number of aliphatic hydroxyl groups excluding tert-OH is 1. The van der Waals surface area contributed by atoms with Gasteiger partial charge in [-0.15, -0.1) is 0 Å². The minimum absolute atomic E-state index is 0.0204. The summed E-state index contributed by atoms with van der Waals surface area (Å²) in [6.45, 7) is 8.93. The van der Waals surface area contributed by atoms with Crippen molar-refractivity contribution in [2.45, 2.75) is 53.1 Å². The van der Waals surface area contributed by atoms with Crippen LogP contribution in [0.25, 0.3) is 0 Å². The minimum atomic E-state index is -0.0204. The van der Waals surface area contributed by atoms with E-state index >= 15 is 0 Å². The number of fused-ring (bicyclic) bond motifs is 1. The summed E-state index contributed by atoms with van der Waals surface area (Å²) in [4.78, 5) is 32.0. The van der Waals surface area contributed by atoms with Gasteiger partial charge in [-0.3, -0.25) is 14.5 Å². The molecule has 8 heteroatoms. The number of hydrogen-bond acceptors (Lipinski definition) is 5. The van der Waals surface area contributed by atoms with Crippen LogP contribution in [0.4, 0.5) is 5.69 Å². The second kappa shape index (κ2) is 21.3. The van der Waals surface area contributed by atoms with Gasteiger partial charge in [-0.05, 0) is 61.0 Å². The summed E-state index contributed by atoms with van der Waals surface area (Å²) in [5, 5.41) is 7.00. The van der Waals surface area contributed by atoms with E-state index in [1.807, 2.05) is 54.3 Å². The number of allylic oxidation sites excluding steroid dienone is 3. The molecule has 0 bridgehead atoms. The van der Waals surface area contributed by atoms with Crippen LogP contribution < -0.4 is 9.64 Å². The van der Waals surface area contributed by atoms with Crippen molar-refractivity contribution in [2.24, 2.45) is 0 Å². The third kappa shape index (κ3) is 11.8. The summed E-state index contributed by atoms with van der Waals surface area (Å²) in [7, 11) is 4.45. The lowest BCUT2D eigenvalue weighted by molar-refractivity contribution is -0.119. The predicted molar refractivity (Wildman–Crippen MR) is 175 cm³/mol. The standard InChI is InChI=1S/C30H39N3O3.C3H5Cl.CH4O/c1-5-7-9-11-20-32-22-26-13-12-14-27(36-4)29(26)33(28(34)23-32)21-24-15-17-25(18-16-24)30(35)31(3)19-10-8-6-2;1-2-3-4;1-2/h7-10,12-18H,5-6,11,19-23H2,1-4H3;2-3H,1H3;2H,1H3/b9-7-,10-8-;3-2+;. The van der Waals surface area contributed by atoms with Crippen molar-refractivity contribution in [3.05, 3.63) is 95.1 Å². The molecule has 1 heterocycles. The van der Waals surface area contributed by atoms with Gasteiger partial charge in [0.25, 0.3) is 5.91 Å². The van der Waals surface area contributed by atoms with Crippen molar-refractivity contribution in [1.29, 1.82) is 0 Å². The molecule has 0 aliphatic carbocycles. The Balaban J connectivity index is 0.00000135. The fourth-order valence-electron chi connectivity index (χ4n) is 4.37. The third-order valence-corrected chi connectivity index (χ3v) is 6.69. The molecule has 3 rings (SSSR count). The molecule has 0 saturated heterocycles. The maximum Gasteiger partial charge on any atom is 0.253 e. The van der Waals surface area contributed by atoms with E-state index in [1.165, 1.54) is 5.54 Å². The number of likely N-dealkylation sites (N-methyl/N-ethyl adjacent to an activating group) is 1. The quantitative estimate of drug-likeness (QED) is 0.288. The van der Waals surface area contributed by atoms with Gasteiger partial charge in [0.05, 0.1) is 25.9 Å². The molecule has 42 heavy (non-hydrogen) atoms. The Hall–Kier alpha value is -3.39. The maximum atomic E-state index is 13.5. The van der Waals surface area contributed by atoms with Crippen molar-refractivity contribution >= 4 is 29.1 Å². The molecule has 2 aromatic carbocycles. The Morgan fingerprint density at radius 1 is 1.02 bits per heavy atom. The molecule has 1 aliphatic rings. The van der Waals surface area contributed by atoms with E-state index in [0.29, 0.717) is 37.5 Å². The number of benzene rings is 2. The number of carbonyl (C=O) groups is 2. The van der Waals surface area contributed by atoms with E-state index < -0.39 is 0 Å². The maximum absolute atomic E-state index is 13.5. The average molecular weight is 598 g/mol. The largest absolute Gasteiger partial charge is 0.495 e. The molecular weight excluding hydrogens is 550 g/mol.